The third kappa shape index (κ3) is 1.94. The van der Waals surface area contributed by atoms with Crippen LogP contribution in [-0.2, 0) is 0 Å². The molecular weight excluding hydrogens is 124 g/mol. The maximum absolute atomic E-state index is 4.32. The van der Waals surface area contributed by atoms with Crippen molar-refractivity contribution in [2.45, 2.75) is 33.4 Å². The van der Waals surface area contributed by atoms with Gasteiger partial charge in [-0.1, -0.05) is 13.8 Å². The average molecular weight is 138 g/mol. The summed E-state index contributed by atoms with van der Waals surface area (Å²) in [6, 6.07) is 0. The van der Waals surface area contributed by atoms with Crippen LogP contribution in [-0.4, -0.2) is 18.1 Å². The molecule has 0 saturated heterocycles. The largest absolute Gasteiger partial charge is 0.265 e. The molecule has 0 aliphatic carbocycles. The van der Waals surface area contributed by atoms with E-state index in [2.05, 4.69) is 23.8 Å². The SMILES string of the molecule is CC1=NC(CC(C)C)N=C1. The minimum absolute atomic E-state index is 0.222. The Balaban J connectivity index is 2.40. The molecule has 2 nitrogen and oxygen atoms in total. The monoisotopic (exact) mass is 138 g/mol. The normalized spacial score (nSPS) is 24.0. The van der Waals surface area contributed by atoms with E-state index in [9.17, 15) is 0 Å². The van der Waals surface area contributed by atoms with Crippen molar-refractivity contribution in [1.29, 1.82) is 0 Å². The lowest BCUT2D eigenvalue weighted by atomic mass is 10.1. The summed E-state index contributed by atoms with van der Waals surface area (Å²) < 4.78 is 0. The van der Waals surface area contributed by atoms with Crippen LogP contribution in [0.5, 0.6) is 0 Å². The van der Waals surface area contributed by atoms with Crippen molar-refractivity contribution in [3.63, 3.8) is 0 Å². The highest BCUT2D eigenvalue weighted by molar-refractivity contribution is 6.30. The number of aliphatic imine (C=N–C) groups is 2. The van der Waals surface area contributed by atoms with Crippen LogP contribution in [0.15, 0.2) is 9.98 Å². The maximum Gasteiger partial charge on any atom is 0.140 e. The maximum atomic E-state index is 4.32. The van der Waals surface area contributed by atoms with Gasteiger partial charge in [-0.25, -0.2) is 0 Å². The Labute approximate surface area is 62.1 Å². The standard InChI is InChI=1S/C8H14N2/c1-6(2)4-8-9-5-7(3)10-8/h5-6,8H,4H2,1-3H3. The summed E-state index contributed by atoms with van der Waals surface area (Å²) in [7, 11) is 0. The van der Waals surface area contributed by atoms with E-state index in [0.29, 0.717) is 5.92 Å². The first-order chi connectivity index (χ1) is 4.68. The minimum Gasteiger partial charge on any atom is -0.265 e. The summed E-state index contributed by atoms with van der Waals surface area (Å²) in [4.78, 5) is 8.55. The van der Waals surface area contributed by atoms with Gasteiger partial charge in [0.1, 0.15) is 6.17 Å². The van der Waals surface area contributed by atoms with Crippen molar-refractivity contribution in [1.82, 2.24) is 0 Å². The van der Waals surface area contributed by atoms with Crippen molar-refractivity contribution < 1.29 is 0 Å². The van der Waals surface area contributed by atoms with E-state index in [1.807, 2.05) is 13.1 Å². The fourth-order valence-electron chi connectivity index (χ4n) is 1.03. The zero-order valence-corrected chi connectivity index (χ0v) is 6.83. The fraction of sp³-hybridized carbons (Fsp3) is 0.750. The lowest BCUT2D eigenvalue weighted by molar-refractivity contribution is 0.515. The predicted octanol–water partition coefficient (Wildman–Crippen LogP) is 1.90. The second kappa shape index (κ2) is 2.95. The Morgan fingerprint density at radius 2 is 2.30 bits per heavy atom. The Bertz CT molecular complexity index is 168. The molecule has 0 N–H and O–H groups in total. The molecule has 1 unspecified atom stereocenters. The molecule has 0 radical (unpaired) electrons. The van der Waals surface area contributed by atoms with Crippen LogP contribution in [0.4, 0.5) is 0 Å². The summed E-state index contributed by atoms with van der Waals surface area (Å²) in [6.07, 6.45) is 3.15. The fourth-order valence-corrected chi connectivity index (χ4v) is 1.03. The third-order valence-corrected chi connectivity index (χ3v) is 1.47. The molecule has 1 rings (SSSR count). The van der Waals surface area contributed by atoms with Crippen molar-refractivity contribution in [3.05, 3.63) is 0 Å². The van der Waals surface area contributed by atoms with Crippen LogP contribution in [0.1, 0.15) is 27.2 Å². The molecule has 2 heteroatoms. The van der Waals surface area contributed by atoms with Gasteiger partial charge in [0, 0.05) is 6.21 Å². The molecule has 0 saturated carbocycles. The van der Waals surface area contributed by atoms with E-state index in [0.717, 1.165) is 12.1 Å². The van der Waals surface area contributed by atoms with E-state index in [1.165, 1.54) is 0 Å². The van der Waals surface area contributed by atoms with E-state index in [4.69, 9.17) is 0 Å². The first kappa shape index (κ1) is 7.45. The predicted molar refractivity (Wildman–Crippen MR) is 44.8 cm³/mol. The number of rotatable bonds is 2. The zero-order valence-electron chi connectivity index (χ0n) is 6.83. The number of hydrogen-bond donors (Lipinski definition) is 0. The number of nitrogens with zero attached hydrogens (tertiary/aromatic N) is 2. The van der Waals surface area contributed by atoms with Gasteiger partial charge in [0.2, 0.25) is 0 Å². The van der Waals surface area contributed by atoms with E-state index < -0.39 is 0 Å². The summed E-state index contributed by atoms with van der Waals surface area (Å²) in [6.45, 7) is 6.38. The molecule has 0 fully saturated rings. The lowest BCUT2D eigenvalue weighted by Gasteiger charge is -2.05. The molecule has 1 aliphatic heterocycles. The Kier molecular flexibility index (Phi) is 2.20. The van der Waals surface area contributed by atoms with Crippen LogP contribution in [0, 0.1) is 5.92 Å². The quantitative estimate of drug-likeness (QED) is 0.557. The van der Waals surface area contributed by atoms with Crippen molar-refractivity contribution in [2.24, 2.45) is 15.9 Å². The van der Waals surface area contributed by atoms with Crippen molar-refractivity contribution >= 4 is 11.9 Å². The minimum atomic E-state index is 0.222. The van der Waals surface area contributed by atoms with Gasteiger partial charge in [-0.2, -0.15) is 0 Å². The molecule has 10 heavy (non-hydrogen) atoms. The highest BCUT2D eigenvalue weighted by atomic mass is 15.0. The molecular formula is C8H14N2. The lowest BCUT2D eigenvalue weighted by Crippen LogP contribution is -2.02. The van der Waals surface area contributed by atoms with Gasteiger partial charge in [-0.05, 0) is 19.3 Å². The van der Waals surface area contributed by atoms with Crippen LogP contribution in [0.3, 0.4) is 0 Å². The second-order valence-electron chi connectivity index (χ2n) is 3.16. The highest BCUT2D eigenvalue weighted by Gasteiger charge is 2.10. The van der Waals surface area contributed by atoms with Gasteiger partial charge in [-0.15, -0.1) is 0 Å². The third-order valence-electron chi connectivity index (χ3n) is 1.47. The Morgan fingerprint density at radius 1 is 1.60 bits per heavy atom. The summed E-state index contributed by atoms with van der Waals surface area (Å²) in [5.41, 5.74) is 1.06. The van der Waals surface area contributed by atoms with Crippen molar-refractivity contribution in [2.75, 3.05) is 0 Å². The topological polar surface area (TPSA) is 24.7 Å². The first-order valence-electron chi connectivity index (χ1n) is 3.76. The van der Waals surface area contributed by atoms with Gasteiger partial charge in [-0.3, -0.25) is 9.98 Å². The highest BCUT2D eigenvalue weighted by Crippen LogP contribution is 2.11. The van der Waals surface area contributed by atoms with Gasteiger partial charge >= 0.3 is 0 Å². The first-order valence-corrected chi connectivity index (χ1v) is 3.76. The Morgan fingerprint density at radius 3 is 2.70 bits per heavy atom. The van der Waals surface area contributed by atoms with Crippen LogP contribution in [0.2, 0.25) is 0 Å². The summed E-state index contributed by atoms with van der Waals surface area (Å²) in [5, 5.41) is 0. The van der Waals surface area contributed by atoms with E-state index >= 15 is 0 Å². The molecule has 0 aromatic carbocycles. The van der Waals surface area contributed by atoms with Crippen LogP contribution >= 0.6 is 0 Å². The average Bonchev–Trinajstić information content (AvgIpc) is 2.13. The smallest absolute Gasteiger partial charge is 0.140 e. The van der Waals surface area contributed by atoms with Gasteiger partial charge in [0.15, 0.2) is 0 Å². The summed E-state index contributed by atoms with van der Waals surface area (Å²) >= 11 is 0. The summed E-state index contributed by atoms with van der Waals surface area (Å²) in [5.74, 6) is 0.691. The van der Waals surface area contributed by atoms with Gasteiger partial charge < -0.3 is 0 Å². The molecule has 0 amide bonds. The van der Waals surface area contributed by atoms with Crippen LogP contribution < -0.4 is 0 Å². The molecule has 0 aromatic rings. The molecule has 1 atom stereocenters. The molecule has 1 aliphatic rings. The molecule has 0 aromatic heterocycles. The second-order valence-corrected chi connectivity index (χ2v) is 3.16. The van der Waals surface area contributed by atoms with Gasteiger partial charge in [0.25, 0.3) is 0 Å². The number of hydrogen-bond acceptors (Lipinski definition) is 2. The molecule has 56 valence electrons. The van der Waals surface area contributed by atoms with Crippen LogP contribution in [0.25, 0.3) is 0 Å². The van der Waals surface area contributed by atoms with E-state index in [-0.39, 0.29) is 6.17 Å². The van der Waals surface area contributed by atoms with Crippen molar-refractivity contribution in [3.8, 4) is 0 Å². The Hall–Kier alpha value is -0.660. The molecule has 0 spiro atoms. The zero-order chi connectivity index (χ0) is 7.56. The van der Waals surface area contributed by atoms with Gasteiger partial charge in [0.05, 0.1) is 5.71 Å². The molecule has 0 bridgehead atoms. The molecule has 1 heterocycles. The van der Waals surface area contributed by atoms with E-state index in [1.54, 1.807) is 0 Å².